The SMILES string of the molecule is CCCCCCCCCCN1C(=O)c2cccc(Oc3ccc(-n4ccnc4)cc3)c2C1=O. The molecule has 0 fully saturated rings. The fourth-order valence-corrected chi connectivity index (χ4v) is 4.22. The van der Waals surface area contributed by atoms with Crippen LogP contribution in [0.25, 0.3) is 5.69 Å². The maximum Gasteiger partial charge on any atom is 0.265 e. The van der Waals surface area contributed by atoms with Crippen molar-refractivity contribution in [2.75, 3.05) is 6.54 Å². The van der Waals surface area contributed by atoms with Crippen LogP contribution in [0.2, 0.25) is 0 Å². The highest BCUT2D eigenvalue weighted by Crippen LogP contribution is 2.34. The highest BCUT2D eigenvalue weighted by atomic mass is 16.5. The summed E-state index contributed by atoms with van der Waals surface area (Å²) in [6.07, 6.45) is 14.7. The minimum Gasteiger partial charge on any atom is -0.457 e. The summed E-state index contributed by atoms with van der Waals surface area (Å²) in [4.78, 5) is 31.4. The quantitative estimate of drug-likeness (QED) is 0.239. The molecule has 0 aliphatic carbocycles. The number of aromatic nitrogens is 2. The molecule has 0 saturated heterocycles. The van der Waals surface area contributed by atoms with Crippen molar-refractivity contribution in [3.05, 3.63) is 72.3 Å². The third-order valence-corrected chi connectivity index (χ3v) is 6.06. The Balaban J connectivity index is 1.36. The second-order valence-electron chi connectivity index (χ2n) is 8.48. The number of benzene rings is 2. The number of hydrogen-bond acceptors (Lipinski definition) is 4. The maximum atomic E-state index is 13.1. The summed E-state index contributed by atoms with van der Waals surface area (Å²) in [5.41, 5.74) is 1.74. The molecule has 1 aliphatic heterocycles. The summed E-state index contributed by atoms with van der Waals surface area (Å²) < 4.78 is 7.92. The van der Waals surface area contributed by atoms with Crippen LogP contribution in [0.4, 0.5) is 0 Å². The number of rotatable bonds is 12. The minimum absolute atomic E-state index is 0.223. The first-order valence-electron chi connectivity index (χ1n) is 11.9. The average Bonchev–Trinajstić information content (AvgIpc) is 3.45. The van der Waals surface area contributed by atoms with Gasteiger partial charge in [0.1, 0.15) is 11.5 Å². The second-order valence-corrected chi connectivity index (χ2v) is 8.48. The van der Waals surface area contributed by atoms with Crippen LogP contribution in [-0.2, 0) is 0 Å². The molecule has 0 N–H and O–H groups in total. The molecule has 0 radical (unpaired) electrons. The molecular weight excluding hydrogens is 414 g/mol. The zero-order valence-electron chi connectivity index (χ0n) is 19.2. The lowest BCUT2D eigenvalue weighted by molar-refractivity contribution is 0.0651. The van der Waals surface area contributed by atoms with E-state index in [0.717, 1.165) is 24.9 Å². The minimum atomic E-state index is -0.261. The first-order chi connectivity index (χ1) is 16.2. The van der Waals surface area contributed by atoms with Crippen molar-refractivity contribution in [3.8, 4) is 17.2 Å². The van der Waals surface area contributed by atoms with Gasteiger partial charge in [0.15, 0.2) is 0 Å². The van der Waals surface area contributed by atoms with Gasteiger partial charge in [-0.3, -0.25) is 14.5 Å². The molecule has 33 heavy (non-hydrogen) atoms. The van der Waals surface area contributed by atoms with Gasteiger partial charge in [-0.05, 0) is 42.8 Å². The van der Waals surface area contributed by atoms with E-state index in [9.17, 15) is 9.59 Å². The van der Waals surface area contributed by atoms with Crippen LogP contribution in [0.3, 0.4) is 0 Å². The van der Waals surface area contributed by atoms with Crippen molar-refractivity contribution in [3.63, 3.8) is 0 Å². The smallest absolute Gasteiger partial charge is 0.265 e. The zero-order chi connectivity index (χ0) is 23.0. The van der Waals surface area contributed by atoms with Crippen LogP contribution < -0.4 is 4.74 Å². The van der Waals surface area contributed by atoms with Crippen molar-refractivity contribution in [2.45, 2.75) is 58.3 Å². The van der Waals surface area contributed by atoms with E-state index in [-0.39, 0.29) is 11.8 Å². The van der Waals surface area contributed by atoms with Crippen LogP contribution >= 0.6 is 0 Å². The molecule has 2 amide bonds. The van der Waals surface area contributed by atoms with Crippen molar-refractivity contribution in [2.24, 2.45) is 0 Å². The molecule has 1 aromatic heterocycles. The number of amides is 2. The van der Waals surface area contributed by atoms with Crippen molar-refractivity contribution in [1.82, 2.24) is 14.5 Å². The number of unbranched alkanes of at least 4 members (excludes halogenated alkanes) is 7. The summed E-state index contributed by atoms with van der Waals surface area (Å²) in [6.45, 7) is 2.68. The van der Waals surface area contributed by atoms with Gasteiger partial charge in [-0.15, -0.1) is 0 Å². The van der Waals surface area contributed by atoms with Crippen LogP contribution in [0, 0.1) is 0 Å². The van der Waals surface area contributed by atoms with Crippen molar-refractivity contribution >= 4 is 11.8 Å². The molecule has 1 aliphatic rings. The summed E-state index contributed by atoms with van der Waals surface area (Å²) in [5, 5.41) is 0. The van der Waals surface area contributed by atoms with Gasteiger partial charge in [-0.2, -0.15) is 0 Å². The number of carbonyl (C=O) groups is 2. The van der Waals surface area contributed by atoms with Gasteiger partial charge in [0.05, 0.1) is 17.5 Å². The molecule has 6 nitrogen and oxygen atoms in total. The predicted octanol–water partition coefficient (Wildman–Crippen LogP) is 6.40. The number of ether oxygens (including phenoxy) is 1. The van der Waals surface area contributed by atoms with Gasteiger partial charge in [0.25, 0.3) is 11.8 Å². The maximum absolute atomic E-state index is 13.1. The Kier molecular flexibility index (Phi) is 7.55. The average molecular weight is 446 g/mol. The van der Waals surface area contributed by atoms with E-state index in [1.54, 1.807) is 30.7 Å². The van der Waals surface area contributed by atoms with Crippen LogP contribution in [0.1, 0.15) is 79.0 Å². The summed E-state index contributed by atoms with van der Waals surface area (Å²) >= 11 is 0. The standard InChI is InChI=1S/C27H31N3O3/c1-2-3-4-5-6-7-8-9-18-30-26(31)23-11-10-12-24(25(23)27(30)32)33-22-15-13-21(14-16-22)29-19-17-28-20-29/h10-17,19-20H,2-9,18H2,1H3. The first-order valence-corrected chi connectivity index (χ1v) is 11.9. The number of hydrogen-bond donors (Lipinski definition) is 0. The first kappa shape index (κ1) is 22.8. The fraction of sp³-hybridized carbons (Fsp3) is 0.370. The van der Waals surface area contributed by atoms with E-state index < -0.39 is 0 Å². The Morgan fingerprint density at radius 3 is 2.27 bits per heavy atom. The molecule has 172 valence electrons. The Labute approximate surface area is 195 Å². The van der Waals surface area contributed by atoms with Gasteiger partial charge in [0.2, 0.25) is 0 Å². The second kappa shape index (κ2) is 10.9. The molecule has 0 bridgehead atoms. The lowest BCUT2D eigenvalue weighted by Gasteiger charge is -2.14. The Bertz CT molecular complexity index is 1070. The Hall–Kier alpha value is -3.41. The molecule has 0 saturated carbocycles. The number of fused-ring (bicyclic) bond motifs is 1. The van der Waals surface area contributed by atoms with Crippen LogP contribution in [-0.4, -0.2) is 32.8 Å². The lowest BCUT2D eigenvalue weighted by Crippen LogP contribution is -2.30. The molecule has 0 spiro atoms. The van der Waals surface area contributed by atoms with E-state index in [4.69, 9.17) is 4.74 Å². The monoisotopic (exact) mass is 445 g/mol. The highest BCUT2D eigenvalue weighted by molar-refractivity contribution is 6.22. The molecule has 6 heteroatoms. The van der Waals surface area contributed by atoms with Crippen LogP contribution in [0.5, 0.6) is 11.5 Å². The topological polar surface area (TPSA) is 64.4 Å². The van der Waals surface area contributed by atoms with Gasteiger partial charge in [-0.1, -0.05) is 57.9 Å². The van der Waals surface area contributed by atoms with E-state index in [1.807, 2.05) is 35.0 Å². The normalized spacial score (nSPS) is 12.9. The van der Waals surface area contributed by atoms with E-state index >= 15 is 0 Å². The Morgan fingerprint density at radius 1 is 0.848 bits per heavy atom. The molecule has 0 unspecified atom stereocenters. The van der Waals surface area contributed by atoms with E-state index in [0.29, 0.717) is 29.2 Å². The number of nitrogens with zero attached hydrogens (tertiary/aromatic N) is 3. The third kappa shape index (κ3) is 5.33. The largest absolute Gasteiger partial charge is 0.457 e. The summed E-state index contributed by atoms with van der Waals surface area (Å²) in [6, 6.07) is 12.7. The lowest BCUT2D eigenvalue weighted by atomic mass is 10.1. The number of imidazole rings is 1. The van der Waals surface area contributed by atoms with Gasteiger partial charge < -0.3 is 9.30 Å². The van der Waals surface area contributed by atoms with Crippen LogP contribution in [0.15, 0.2) is 61.2 Å². The van der Waals surface area contributed by atoms with Gasteiger partial charge in [0, 0.05) is 24.6 Å². The molecule has 2 aromatic carbocycles. The Morgan fingerprint density at radius 2 is 1.58 bits per heavy atom. The van der Waals surface area contributed by atoms with Crippen molar-refractivity contribution < 1.29 is 14.3 Å². The molecule has 0 atom stereocenters. The molecule has 4 rings (SSSR count). The number of carbonyl (C=O) groups excluding carboxylic acids is 2. The van der Waals surface area contributed by atoms with E-state index in [2.05, 4.69) is 11.9 Å². The van der Waals surface area contributed by atoms with E-state index in [1.165, 1.54) is 37.0 Å². The molecule has 2 heterocycles. The predicted molar refractivity (Wildman–Crippen MR) is 128 cm³/mol. The third-order valence-electron chi connectivity index (χ3n) is 6.06. The fourth-order valence-electron chi connectivity index (χ4n) is 4.22. The highest BCUT2D eigenvalue weighted by Gasteiger charge is 2.37. The zero-order valence-corrected chi connectivity index (χ0v) is 19.2. The van der Waals surface area contributed by atoms with Gasteiger partial charge >= 0.3 is 0 Å². The molecular formula is C27H31N3O3. The number of imide groups is 1. The summed E-state index contributed by atoms with van der Waals surface area (Å²) in [5.74, 6) is 0.538. The van der Waals surface area contributed by atoms with Gasteiger partial charge in [-0.25, -0.2) is 4.98 Å². The van der Waals surface area contributed by atoms with Crippen molar-refractivity contribution in [1.29, 1.82) is 0 Å². The molecule has 3 aromatic rings. The summed E-state index contributed by atoms with van der Waals surface area (Å²) in [7, 11) is 0.